The van der Waals surface area contributed by atoms with Crippen LogP contribution in [0.25, 0.3) is 0 Å². The molecule has 146 valence electrons. The number of hydrogen-bond donors (Lipinski definition) is 1. The maximum Gasteiger partial charge on any atom is 0.573 e. The Hall–Kier alpha value is -3.49. The van der Waals surface area contributed by atoms with Gasteiger partial charge in [0.1, 0.15) is 12.4 Å². The van der Waals surface area contributed by atoms with Gasteiger partial charge in [-0.25, -0.2) is 0 Å². The molecule has 1 amide bonds. The summed E-state index contributed by atoms with van der Waals surface area (Å²) in [5.41, 5.74) is 1.08. The number of carbonyl (C=O) groups is 1. The lowest BCUT2D eigenvalue weighted by atomic mass is 10.2. The predicted octanol–water partition coefficient (Wildman–Crippen LogP) is 4.08. The first-order valence-corrected chi connectivity index (χ1v) is 8.16. The molecule has 0 atom stereocenters. The van der Waals surface area contributed by atoms with Crippen LogP contribution in [0.5, 0.6) is 11.6 Å². The number of benzene rings is 2. The lowest BCUT2D eigenvalue weighted by Gasteiger charge is -2.13. The van der Waals surface area contributed by atoms with Crippen LogP contribution in [-0.4, -0.2) is 17.4 Å². The summed E-state index contributed by atoms with van der Waals surface area (Å²) >= 11 is 0. The highest BCUT2D eigenvalue weighted by Gasteiger charge is 2.32. The highest BCUT2D eigenvalue weighted by atomic mass is 19.4. The minimum absolute atomic E-state index is 0.120. The van der Waals surface area contributed by atoms with Crippen molar-refractivity contribution in [1.82, 2.24) is 10.5 Å². The Balaban J connectivity index is 1.57. The van der Waals surface area contributed by atoms with Crippen LogP contribution < -0.4 is 14.8 Å². The first-order chi connectivity index (χ1) is 13.4. The largest absolute Gasteiger partial charge is 0.573 e. The summed E-state index contributed by atoms with van der Waals surface area (Å²) in [4.78, 5) is 12.1. The third-order valence-corrected chi connectivity index (χ3v) is 3.58. The molecule has 0 aliphatic heterocycles. The Bertz CT molecular complexity index is 926. The van der Waals surface area contributed by atoms with E-state index in [2.05, 4.69) is 15.2 Å². The SMILES string of the molecule is O=C(NCc1ccccc1OC(F)(F)F)c1cc(OCc2ccccc2)no1. The zero-order valence-electron chi connectivity index (χ0n) is 14.4. The number of aromatic nitrogens is 1. The molecule has 0 aliphatic rings. The minimum atomic E-state index is -4.82. The fourth-order valence-corrected chi connectivity index (χ4v) is 2.30. The molecule has 6 nitrogen and oxygen atoms in total. The number of alkyl halides is 3. The Morgan fingerprint density at radius 1 is 1.07 bits per heavy atom. The second kappa shape index (κ2) is 8.47. The van der Waals surface area contributed by atoms with Gasteiger partial charge in [0.15, 0.2) is 0 Å². The third-order valence-electron chi connectivity index (χ3n) is 3.58. The second-order valence-electron chi connectivity index (χ2n) is 5.64. The van der Waals surface area contributed by atoms with Crippen LogP contribution in [0.4, 0.5) is 13.2 Å². The van der Waals surface area contributed by atoms with E-state index >= 15 is 0 Å². The first kappa shape index (κ1) is 19.3. The summed E-state index contributed by atoms with van der Waals surface area (Å²) in [6, 6.07) is 16.2. The normalized spacial score (nSPS) is 11.1. The smallest absolute Gasteiger partial charge is 0.471 e. The molecular weight excluding hydrogens is 377 g/mol. The van der Waals surface area contributed by atoms with Crippen molar-refractivity contribution in [3.05, 3.63) is 77.6 Å². The van der Waals surface area contributed by atoms with E-state index in [0.717, 1.165) is 5.56 Å². The fraction of sp³-hybridized carbons (Fsp3) is 0.158. The van der Waals surface area contributed by atoms with Gasteiger partial charge in [-0.05, 0) is 16.8 Å². The minimum Gasteiger partial charge on any atom is -0.471 e. The number of halogens is 3. The molecule has 0 saturated heterocycles. The van der Waals surface area contributed by atoms with Crippen molar-refractivity contribution in [3.8, 4) is 11.6 Å². The number of nitrogens with one attached hydrogen (secondary N) is 1. The van der Waals surface area contributed by atoms with Crippen LogP contribution in [0.15, 0.2) is 65.2 Å². The third kappa shape index (κ3) is 5.50. The van der Waals surface area contributed by atoms with Crippen molar-refractivity contribution in [3.63, 3.8) is 0 Å². The number of rotatable bonds is 7. The molecule has 1 heterocycles. The standard InChI is InChI=1S/C19H15F3N2O4/c20-19(21,22)27-15-9-5-4-8-14(15)11-23-18(25)16-10-17(24-28-16)26-12-13-6-2-1-3-7-13/h1-10H,11-12H2,(H,23,25). The summed E-state index contributed by atoms with van der Waals surface area (Å²) in [6.45, 7) is 0.0581. The quantitative estimate of drug-likeness (QED) is 0.656. The highest BCUT2D eigenvalue weighted by molar-refractivity contribution is 5.91. The van der Waals surface area contributed by atoms with Crippen LogP contribution in [0.2, 0.25) is 0 Å². The van der Waals surface area contributed by atoms with Crippen molar-refractivity contribution < 1.29 is 32.0 Å². The van der Waals surface area contributed by atoms with E-state index in [9.17, 15) is 18.0 Å². The van der Waals surface area contributed by atoms with Crippen molar-refractivity contribution >= 4 is 5.91 Å². The Morgan fingerprint density at radius 3 is 2.54 bits per heavy atom. The van der Waals surface area contributed by atoms with E-state index < -0.39 is 12.3 Å². The molecule has 1 N–H and O–H groups in total. The van der Waals surface area contributed by atoms with E-state index in [4.69, 9.17) is 9.26 Å². The molecule has 0 unspecified atom stereocenters. The molecule has 9 heteroatoms. The van der Waals surface area contributed by atoms with Gasteiger partial charge in [0.05, 0.1) is 6.07 Å². The van der Waals surface area contributed by atoms with Crippen molar-refractivity contribution in [1.29, 1.82) is 0 Å². The van der Waals surface area contributed by atoms with E-state index in [1.807, 2.05) is 30.3 Å². The van der Waals surface area contributed by atoms with E-state index in [-0.39, 0.29) is 36.1 Å². The number of carbonyl (C=O) groups excluding carboxylic acids is 1. The Labute approximate surface area is 157 Å². The molecule has 0 bridgehead atoms. The molecule has 0 aliphatic carbocycles. The molecule has 0 radical (unpaired) electrons. The molecule has 0 spiro atoms. The molecule has 3 rings (SSSR count). The summed E-state index contributed by atoms with van der Waals surface area (Å²) in [7, 11) is 0. The number of hydrogen-bond acceptors (Lipinski definition) is 5. The number of amides is 1. The summed E-state index contributed by atoms with van der Waals surface area (Å²) in [5.74, 6) is -1.05. The molecule has 2 aromatic carbocycles. The van der Waals surface area contributed by atoms with Gasteiger partial charge in [0, 0.05) is 12.1 Å². The van der Waals surface area contributed by atoms with Crippen LogP contribution in [0.3, 0.4) is 0 Å². The topological polar surface area (TPSA) is 73.6 Å². The molecule has 28 heavy (non-hydrogen) atoms. The van der Waals surface area contributed by atoms with Gasteiger partial charge in [-0.1, -0.05) is 48.5 Å². The molecule has 0 saturated carbocycles. The van der Waals surface area contributed by atoms with Gasteiger partial charge in [-0.2, -0.15) is 0 Å². The van der Waals surface area contributed by atoms with Gasteiger partial charge in [0.2, 0.25) is 5.76 Å². The summed E-state index contributed by atoms with van der Waals surface area (Å²) < 4.78 is 51.6. The van der Waals surface area contributed by atoms with Gasteiger partial charge >= 0.3 is 6.36 Å². The van der Waals surface area contributed by atoms with E-state index in [1.54, 1.807) is 0 Å². The van der Waals surface area contributed by atoms with Crippen molar-refractivity contribution in [2.45, 2.75) is 19.5 Å². The maximum absolute atomic E-state index is 12.4. The lowest BCUT2D eigenvalue weighted by Crippen LogP contribution is -2.24. The average Bonchev–Trinajstić information content (AvgIpc) is 3.14. The summed E-state index contributed by atoms with van der Waals surface area (Å²) in [5, 5.41) is 6.09. The predicted molar refractivity (Wildman–Crippen MR) is 91.6 cm³/mol. The van der Waals surface area contributed by atoms with Gasteiger partial charge in [0.25, 0.3) is 11.8 Å². The van der Waals surface area contributed by atoms with E-state index in [0.29, 0.717) is 0 Å². The average molecular weight is 392 g/mol. The summed E-state index contributed by atoms with van der Waals surface area (Å²) in [6.07, 6.45) is -4.82. The van der Waals surface area contributed by atoms with Crippen LogP contribution in [0, 0.1) is 0 Å². The second-order valence-corrected chi connectivity index (χ2v) is 5.64. The fourth-order valence-electron chi connectivity index (χ4n) is 2.30. The monoisotopic (exact) mass is 392 g/mol. The van der Waals surface area contributed by atoms with E-state index in [1.165, 1.54) is 30.3 Å². The van der Waals surface area contributed by atoms with Crippen LogP contribution in [0.1, 0.15) is 21.7 Å². The zero-order chi connectivity index (χ0) is 20.0. The molecule has 1 aromatic heterocycles. The molecule has 3 aromatic rings. The van der Waals surface area contributed by atoms with Gasteiger partial charge < -0.3 is 19.3 Å². The number of ether oxygens (including phenoxy) is 2. The van der Waals surface area contributed by atoms with Crippen LogP contribution >= 0.6 is 0 Å². The molecular formula is C19H15F3N2O4. The number of nitrogens with zero attached hydrogens (tertiary/aromatic N) is 1. The van der Waals surface area contributed by atoms with Gasteiger partial charge in [-0.15, -0.1) is 13.2 Å². The van der Waals surface area contributed by atoms with Crippen molar-refractivity contribution in [2.24, 2.45) is 0 Å². The lowest BCUT2D eigenvalue weighted by molar-refractivity contribution is -0.274. The number of para-hydroxylation sites is 1. The maximum atomic E-state index is 12.4. The first-order valence-electron chi connectivity index (χ1n) is 8.16. The van der Waals surface area contributed by atoms with Crippen molar-refractivity contribution in [2.75, 3.05) is 0 Å². The Morgan fingerprint density at radius 2 is 1.79 bits per heavy atom. The molecule has 0 fully saturated rings. The van der Waals surface area contributed by atoms with Crippen LogP contribution in [-0.2, 0) is 13.2 Å². The highest BCUT2D eigenvalue weighted by Crippen LogP contribution is 2.26. The Kier molecular flexibility index (Phi) is 5.83. The van der Waals surface area contributed by atoms with Gasteiger partial charge in [-0.3, -0.25) is 4.79 Å². The zero-order valence-corrected chi connectivity index (χ0v) is 14.4.